The molecular formula is C32H32N+. The van der Waals surface area contributed by atoms with Crippen LogP contribution in [-0.2, 0) is 11.0 Å². The van der Waals surface area contributed by atoms with Crippen LogP contribution in [0.5, 0.6) is 0 Å². The molecule has 33 heavy (non-hydrogen) atoms. The standard InChI is InChI=1S/C32H32N/c1-5-31(4)32(6-2,7-3)29-15-11-10-14-28(29)30-27-19-18-24-23-13-9-8-12-22(23)16-17-25(24)26(27)20-21-33(30)31/h8-21H,5-7H2,1-4H3/q+1. The largest absolute Gasteiger partial charge is 0.221 e. The molecule has 0 aliphatic carbocycles. The SMILES string of the molecule is CCC1(CC)c2ccccc2-c2c3ccc4c5ccccc5ccc4c3cc[n+]2C1(C)CC. The smallest absolute Gasteiger partial charge is 0.192 e. The van der Waals surface area contributed by atoms with Gasteiger partial charge in [0.1, 0.15) is 0 Å². The van der Waals surface area contributed by atoms with Gasteiger partial charge in [-0.2, -0.15) is 4.57 Å². The summed E-state index contributed by atoms with van der Waals surface area (Å²) in [5.74, 6) is 0. The van der Waals surface area contributed by atoms with Crippen molar-refractivity contribution in [3.63, 3.8) is 0 Å². The second-order valence-corrected chi connectivity index (χ2v) is 9.91. The van der Waals surface area contributed by atoms with Crippen molar-refractivity contribution in [1.82, 2.24) is 0 Å². The Bertz CT molecular complexity index is 1540. The van der Waals surface area contributed by atoms with Crippen molar-refractivity contribution < 1.29 is 4.57 Å². The predicted octanol–water partition coefficient (Wildman–Crippen LogP) is 8.30. The van der Waals surface area contributed by atoms with Gasteiger partial charge < -0.3 is 0 Å². The van der Waals surface area contributed by atoms with E-state index in [0.717, 1.165) is 19.3 Å². The summed E-state index contributed by atoms with van der Waals surface area (Å²) in [6.45, 7) is 9.60. The third-order valence-corrected chi connectivity index (χ3v) is 9.01. The van der Waals surface area contributed by atoms with Crippen LogP contribution in [0.1, 0.15) is 52.5 Å². The molecule has 1 aliphatic heterocycles. The highest BCUT2D eigenvalue weighted by molar-refractivity contribution is 6.18. The van der Waals surface area contributed by atoms with Gasteiger partial charge >= 0.3 is 0 Å². The molecule has 1 nitrogen and oxygen atoms in total. The summed E-state index contributed by atoms with van der Waals surface area (Å²) in [5.41, 5.74) is 4.44. The van der Waals surface area contributed by atoms with E-state index in [2.05, 4.69) is 117 Å². The highest BCUT2D eigenvalue weighted by atomic mass is 15.1. The fraction of sp³-hybridized carbons (Fsp3) is 0.281. The van der Waals surface area contributed by atoms with Crippen molar-refractivity contribution in [2.24, 2.45) is 0 Å². The van der Waals surface area contributed by atoms with Crippen molar-refractivity contribution in [3.8, 4) is 11.3 Å². The Kier molecular flexibility index (Phi) is 4.43. The third-order valence-electron chi connectivity index (χ3n) is 9.01. The van der Waals surface area contributed by atoms with Gasteiger partial charge in [0.05, 0.1) is 16.4 Å². The highest BCUT2D eigenvalue weighted by Crippen LogP contribution is 2.52. The summed E-state index contributed by atoms with van der Waals surface area (Å²) in [4.78, 5) is 0. The summed E-state index contributed by atoms with van der Waals surface area (Å²) in [7, 11) is 0. The molecule has 0 amide bonds. The van der Waals surface area contributed by atoms with Gasteiger partial charge in [-0.3, -0.25) is 0 Å². The van der Waals surface area contributed by atoms with E-state index in [1.807, 2.05) is 0 Å². The van der Waals surface area contributed by atoms with Crippen LogP contribution < -0.4 is 4.57 Å². The zero-order valence-electron chi connectivity index (χ0n) is 20.2. The lowest BCUT2D eigenvalue weighted by molar-refractivity contribution is -0.765. The zero-order chi connectivity index (χ0) is 22.8. The van der Waals surface area contributed by atoms with E-state index in [-0.39, 0.29) is 11.0 Å². The number of aromatic nitrogens is 1. The maximum atomic E-state index is 2.62. The fourth-order valence-corrected chi connectivity index (χ4v) is 7.07. The predicted molar refractivity (Wildman–Crippen MR) is 141 cm³/mol. The maximum Gasteiger partial charge on any atom is 0.221 e. The molecule has 1 aliphatic rings. The van der Waals surface area contributed by atoms with Crippen LogP contribution in [0.25, 0.3) is 43.6 Å². The molecule has 6 rings (SSSR count). The average molecular weight is 431 g/mol. The van der Waals surface area contributed by atoms with Gasteiger partial charge in [-0.05, 0) is 52.1 Å². The van der Waals surface area contributed by atoms with Crippen LogP contribution in [0.4, 0.5) is 0 Å². The van der Waals surface area contributed by atoms with Gasteiger partial charge in [0, 0.05) is 24.8 Å². The first-order valence-electron chi connectivity index (χ1n) is 12.5. The molecular weight excluding hydrogens is 398 g/mol. The molecule has 1 heteroatoms. The maximum absolute atomic E-state index is 2.62. The molecule has 2 heterocycles. The number of hydrogen-bond acceptors (Lipinski definition) is 0. The van der Waals surface area contributed by atoms with Crippen LogP contribution in [0.3, 0.4) is 0 Å². The van der Waals surface area contributed by atoms with Crippen LogP contribution >= 0.6 is 0 Å². The molecule has 0 N–H and O–H groups in total. The topological polar surface area (TPSA) is 3.88 Å². The van der Waals surface area contributed by atoms with E-state index in [1.165, 1.54) is 49.1 Å². The molecule has 0 saturated heterocycles. The number of rotatable bonds is 3. The Hall–Kier alpha value is -3.19. The second kappa shape index (κ2) is 7.15. The number of hydrogen-bond donors (Lipinski definition) is 0. The van der Waals surface area contributed by atoms with Crippen molar-refractivity contribution >= 4 is 32.3 Å². The Labute approximate surface area is 196 Å². The second-order valence-electron chi connectivity index (χ2n) is 9.91. The van der Waals surface area contributed by atoms with Crippen molar-refractivity contribution in [2.75, 3.05) is 0 Å². The van der Waals surface area contributed by atoms with Crippen LogP contribution in [0, 0.1) is 0 Å². The molecule has 0 spiro atoms. The lowest BCUT2D eigenvalue weighted by Crippen LogP contribution is -2.68. The lowest BCUT2D eigenvalue weighted by atomic mass is 9.58. The molecule has 0 saturated carbocycles. The summed E-state index contributed by atoms with van der Waals surface area (Å²) in [6.07, 6.45) is 5.76. The third kappa shape index (κ3) is 2.46. The zero-order valence-corrected chi connectivity index (χ0v) is 20.2. The molecule has 1 unspecified atom stereocenters. The van der Waals surface area contributed by atoms with Gasteiger partial charge in [-0.25, -0.2) is 0 Å². The monoisotopic (exact) mass is 430 g/mol. The molecule has 0 fully saturated rings. The molecule has 0 radical (unpaired) electrons. The first-order chi connectivity index (χ1) is 16.1. The molecule has 1 aromatic heterocycles. The summed E-state index contributed by atoms with van der Waals surface area (Å²) in [5, 5.41) is 8.01. The van der Waals surface area contributed by atoms with Gasteiger partial charge in [0.25, 0.3) is 0 Å². The van der Waals surface area contributed by atoms with E-state index in [4.69, 9.17) is 0 Å². The molecule has 4 aromatic carbocycles. The Morgan fingerprint density at radius 2 is 1.24 bits per heavy atom. The first kappa shape index (κ1) is 20.4. The lowest BCUT2D eigenvalue weighted by Gasteiger charge is -2.48. The number of benzene rings is 4. The van der Waals surface area contributed by atoms with Gasteiger partial charge in [-0.1, -0.05) is 81.4 Å². The highest BCUT2D eigenvalue weighted by Gasteiger charge is 2.58. The summed E-state index contributed by atoms with van der Waals surface area (Å²) >= 11 is 0. The molecule has 0 bridgehead atoms. The summed E-state index contributed by atoms with van der Waals surface area (Å²) in [6, 6.07) is 29.6. The Morgan fingerprint density at radius 1 is 0.606 bits per heavy atom. The fourth-order valence-electron chi connectivity index (χ4n) is 7.07. The quantitative estimate of drug-likeness (QED) is 0.200. The van der Waals surface area contributed by atoms with Crippen LogP contribution in [0.15, 0.2) is 85.1 Å². The number of fused-ring (bicyclic) bond motifs is 9. The van der Waals surface area contributed by atoms with E-state index in [0.29, 0.717) is 0 Å². The van der Waals surface area contributed by atoms with Gasteiger partial charge in [-0.15, -0.1) is 0 Å². The van der Waals surface area contributed by atoms with Gasteiger partial charge in [0.15, 0.2) is 11.7 Å². The van der Waals surface area contributed by atoms with E-state index >= 15 is 0 Å². The minimum absolute atomic E-state index is 0.0206. The normalized spacial score (nSPS) is 19.0. The van der Waals surface area contributed by atoms with Crippen LogP contribution in [-0.4, -0.2) is 0 Å². The number of nitrogens with zero attached hydrogens (tertiary/aromatic N) is 1. The minimum Gasteiger partial charge on any atom is -0.192 e. The Morgan fingerprint density at radius 3 is 2.03 bits per heavy atom. The molecule has 1 atom stereocenters. The van der Waals surface area contributed by atoms with Crippen LogP contribution in [0.2, 0.25) is 0 Å². The van der Waals surface area contributed by atoms with E-state index in [1.54, 1.807) is 0 Å². The van der Waals surface area contributed by atoms with Crippen molar-refractivity contribution in [3.05, 3.63) is 90.6 Å². The molecule has 5 aromatic rings. The van der Waals surface area contributed by atoms with Gasteiger partial charge in [0.2, 0.25) is 5.69 Å². The van der Waals surface area contributed by atoms with Crippen molar-refractivity contribution in [2.45, 2.75) is 57.9 Å². The first-order valence-corrected chi connectivity index (χ1v) is 12.5. The average Bonchev–Trinajstić information content (AvgIpc) is 2.88. The summed E-state index contributed by atoms with van der Waals surface area (Å²) < 4.78 is 2.62. The minimum atomic E-state index is 0.0206. The van der Waals surface area contributed by atoms with E-state index in [9.17, 15) is 0 Å². The van der Waals surface area contributed by atoms with Crippen molar-refractivity contribution in [1.29, 1.82) is 0 Å². The van der Waals surface area contributed by atoms with E-state index < -0.39 is 0 Å². The Balaban J connectivity index is 1.78. The molecule has 164 valence electrons. The number of pyridine rings is 1.